The normalized spacial score (nSPS) is 50.3. The van der Waals surface area contributed by atoms with E-state index in [1.165, 1.54) is 37.7 Å². The third-order valence-corrected chi connectivity index (χ3v) is 8.36. The van der Waals surface area contributed by atoms with Crippen molar-refractivity contribution >= 4 is 6.08 Å². The monoisotopic (exact) mass is 312 g/mol. The number of allylic oxidation sites excluding steroid dienone is 1. The molecular formula is C21H28O2. The zero-order valence-electron chi connectivity index (χ0n) is 14.3. The molecule has 1 aromatic rings. The van der Waals surface area contributed by atoms with E-state index in [1.54, 1.807) is 0 Å². The number of fused-ring (bicyclic) bond motifs is 5. The van der Waals surface area contributed by atoms with Crippen molar-refractivity contribution in [3.05, 3.63) is 29.7 Å². The van der Waals surface area contributed by atoms with Crippen LogP contribution in [0.5, 0.6) is 0 Å². The molecule has 1 N–H and O–H groups in total. The van der Waals surface area contributed by atoms with Gasteiger partial charge in [-0.1, -0.05) is 19.9 Å². The first-order chi connectivity index (χ1) is 11.0. The molecular weight excluding hydrogens is 284 g/mol. The molecule has 3 fully saturated rings. The molecule has 0 aliphatic heterocycles. The van der Waals surface area contributed by atoms with E-state index in [9.17, 15) is 5.11 Å². The molecule has 4 aliphatic carbocycles. The van der Waals surface area contributed by atoms with Crippen molar-refractivity contribution in [1.82, 2.24) is 0 Å². The quantitative estimate of drug-likeness (QED) is 0.779. The molecule has 0 amide bonds. The van der Waals surface area contributed by atoms with Gasteiger partial charge in [-0.3, -0.25) is 0 Å². The first-order valence-electron chi connectivity index (χ1n) is 9.50. The predicted molar refractivity (Wildman–Crippen MR) is 90.9 cm³/mol. The van der Waals surface area contributed by atoms with E-state index in [1.807, 2.05) is 6.26 Å². The first-order valence-corrected chi connectivity index (χ1v) is 9.50. The zero-order chi connectivity index (χ0) is 15.9. The Bertz CT molecular complexity index is 673. The Morgan fingerprint density at radius 3 is 3.00 bits per heavy atom. The minimum atomic E-state index is -0.392. The van der Waals surface area contributed by atoms with Crippen LogP contribution >= 0.6 is 0 Å². The van der Waals surface area contributed by atoms with Crippen LogP contribution in [0.4, 0.5) is 0 Å². The average molecular weight is 312 g/mol. The molecule has 5 rings (SSSR count). The van der Waals surface area contributed by atoms with Crippen molar-refractivity contribution in [2.75, 3.05) is 0 Å². The van der Waals surface area contributed by atoms with Crippen LogP contribution in [-0.4, -0.2) is 10.7 Å². The molecule has 4 aliphatic rings. The highest BCUT2D eigenvalue weighted by Crippen LogP contribution is 2.71. The summed E-state index contributed by atoms with van der Waals surface area (Å²) in [6.07, 6.45) is 14.8. The fourth-order valence-corrected chi connectivity index (χ4v) is 7.28. The Morgan fingerprint density at radius 1 is 1.30 bits per heavy atom. The van der Waals surface area contributed by atoms with Crippen molar-refractivity contribution < 1.29 is 9.52 Å². The summed E-state index contributed by atoms with van der Waals surface area (Å²) in [6.45, 7) is 4.66. The highest BCUT2D eigenvalue weighted by molar-refractivity contribution is 5.55. The SMILES string of the molecule is CC[C@@]1(O)C[C@@]23CCC4c5ccoc5C=C[C@@]4(C)C2CC[C@@H]1C3. The molecule has 0 aromatic carbocycles. The van der Waals surface area contributed by atoms with Gasteiger partial charge >= 0.3 is 0 Å². The number of aliphatic hydroxyl groups is 1. The lowest BCUT2D eigenvalue weighted by atomic mass is 9.46. The van der Waals surface area contributed by atoms with Gasteiger partial charge in [0.1, 0.15) is 5.76 Å². The lowest BCUT2D eigenvalue weighted by Crippen LogP contribution is -2.49. The van der Waals surface area contributed by atoms with Gasteiger partial charge in [0.2, 0.25) is 0 Å². The van der Waals surface area contributed by atoms with Crippen LogP contribution in [0.25, 0.3) is 6.08 Å². The molecule has 0 radical (unpaired) electrons. The summed E-state index contributed by atoms with van der Waals surface area (Å²) in [5.41, 5.74) is 1.65. The van der Waals surface area contributed by atoms with E-state index < -0.39 is 5.60 Å². The fraction of sp³-hybridized carbons (Fsp3) is 0.714. The summed E-state index contributed by atoms with van der Waals surface area (Å²) in [4.78, 5) is 0. The second-order valence-corrected chi connectivity index (χ2v) is 9.06. The van der Waals surface area contributed by atoms with E-state index in [2.05, 4.69) is 32.1 Å². The minimum Gasteiger partial charge on any atom is -0.465 e. The Kier molecular flexibility index (Phi) is 2.70. The van der Waals surface area contributed by atoms with Crippen LogP contribution in [0, 0.1) is 22.7 Å². The molecule has 23 heavy (non-hydrogen) atoms. The van der Waals surface area contributed by atoms with E-state index in [4.69, 9.17) is 4.42 Å². The van der Waals surface area contributed by atoms with Gasteiger partial charge in [0.25, 0.3) is 0 Å². The van der Waals surface area contributed by atoms with Crippen LogP contribution in [0.15, 0.2) is 22.8 Å². The highest BCUT2D eigenvalue weighted by Gasteiger charge is 2.64. The van der Waals surface area contributed by atoms with E-state index in [-0.39, 0.29) is 5.41 Å². The first kappa shape index (κ1) is 14.3. The predicted octanol–water partition coefficient (Wildman–Crippen LogP) is 5.14. The lowest BCUT2D eigenvalue weighted by Gasteiger charge is -2.58. The number of hydrogen-bond acceptors (Lipinski definition) is 2. The smallest absolute Gasteiger partial charge is 0.129 e. The van der Waals surface area contributed by atoms with Crippen LogP contribution in [0.2, 0.25) is 0 Å². The molecule has 1 heterocycles. The van der Waals surface area contributed by atoms with Crippen LogP contribution < -0.4 is 0 Å². The summed E-state index contributed by atoms with van der Waals surface area (Å²) in [6, 6.07) is 2.20. The maximum Gasteiger partial charge on any atom is 0.129 e. The minimum absolute atomic E-state index is 0.235. The topological polar surface area (TPSA) is 33.4 Å². The molecule has 2 bridgehead atoms. The Morgan fingerprint density at radius 2 is 2.17 bits per heavy atom. The zero-order valence-corrected chi connectivity index (χ0v) is 14.3. The van der Waals surface area contributed by atoms with Gasteiger partial charge in [-0.25, -0.2) is 0 Å². The van der Waals surface area contributed by atoms with Gasteiger partial charge < -0.3 is 9.52 Å². The van der Waals surface area contributed by atoms with E-state index in [0.717, 1.165) is 18.6 Å². The maximum absolute atomic E-state index is 11.2. The molecule has 124 valence electrons. The van der Waals surface area contributed by atoms with E-state index in [0.29, 0.717) is 23.2 Å². The molecule has 1 spiro atoms. The Labute approximate surface area is 139 Å². The number of hydrogen-bond donors (Lipinski definition) is 1. The Hall–Kier alpha value is -1.02. The third-order valence-electron chi connectivity index (χ3n) is 8.36. The molecule has 2 unspecified atom stereocenters. The summed E-state index contributed by atoms with van der Waals surface area (Å²) in [5, 5.41) is 11.2. The van der Waals surface area contributed by atoms with Gasteiger partial charge in [0, 0.05) is 5.56 Å². The average Bonchev–Trinajstić information content (AvgIpc) is 3.09. The van der Waals surface area contributed by atoms with Crippen LogP contribution in [-0.2, 0) is 0 Å². The second kappa shape index (κ2) is 4.33. The summed E-state index contributed by atoms with van der Waals surface area (Å²) >= 11 is 0. The van der Waals surface area contributed by atoms with Gasteiger partial charge in [0.15, 0.2) is 0 Å². The van der Waals surface area contributed by atoms with Gasteiger partial charge in [-0.05, 0) is 85.7 Å². The van der Waals surface area contributed by atoms with Crippen molar-refractivity contribution in [2.24, 2.45) is 22.7 Å². The summed E-state index contributed by atoms with van der Waals surface area (Å²) in [7, 11) is 0. The van der Waals surface area contributed by atoms with Gasteiger partial charge in [-0.2, -0.15) is 0 Å². The molecule has 1 aromatic heterocycles. The molecule has 6 atom stereocenters. The Balaban J connectivity index is 1.58. The standard InChI is InChI=1S/C21H28O2/c1-3-21(22)13-20-10-6-16-15-8-11-23-17(15)7-9-19(16,2)18(20)5-4-14(21)12-20/h7-9,11,14,16,18,22H,3-6,10,12-13H2,1-2H3/t14-,16?,18?,19-,20+,21-/m1/s1. The lowest BCUT2D eigenvalue weighted by molar-refractivity contribution is -0.0359. The number of furan rings is 1. The number of rotatable bonds is 1. The molecule has 0 saturated heterocycles. The highest BCUT2D eigenvalue weighted by atomic mass is 16.3. The summed E-state index contributed by atoms with van der Waals surface area (Å²) < 4.78 is 5.67. The fourth-order valence-electron chi connectivity index (χ4n) is 7.28. The van der Waals surface area contributed by atoms with Crippen molar-refractivity contribution in [3.8, 4) is 0 Å². The van der Waals surface area contributed by atoms with Gasteiger partial charge in [-0.15, -0.1) is 0 Å². The molecule has 2 heteroatoms. The van der Waals surface area contributed by atoms with Crippen molar-refractivity contribution in [3.63, 3.8) is 0 Å². The molecule has 2 nitrogen and oxygen atoms in total. The second-order valence-electron chi connectivity index (χ2n) is 9.06. The van der Waals surface area contributed by atoms with Crippen molar-refractivity contribution in [1.29, 1.82) is 0 Å². The van der Waals surface area contributed by atoms with Crippen LogP contribution in [0.1, 0.15) is 76.0 Å². The largest absolute Gasteiger partial charge is 0.465 e. The molecule has 3 saturated carbocycles. The maximum atomic E-state index is 11.2. The third kappa shape index (κ3) is 1.64. The van der Waals surface area contributed by atoms with E-state index >= 15 is 0 Å². The van der Waals surface area contributed by atoms with Crippen LogP contribution in [0.3, 0.4) is 0 Å². The van der Waals surface area contributed by atoms with Gasteiger partial charge in [0.05, 0.1) is 11.9 Å². The van der Waals surface area contributed by atoms with Crippen molar-refractivity contribution in [2.45, 2.75) is 70.3 Å². The summed E-state index contributed by atoms with van der Waals surface area (Å²) in [5.74, 6) is 2.93.